The maximum Gasteiger partial charge on any atom is 0.204 e. The van der Waals surface area contributed by atoms with E-state index in [-0.39, 0.29) is 5.41 Å². The van der Waals surface area contributed by atoms with Crippen molar-refractivity contribution in [2.45, 2.75) is 52.6 Å². The summed E-state index contributed by atoms with van der Waals surface area (Å²) >= 11 is 0. The normalized spacial score (nSPS) is 13.2. The second-order valence-corrected chi connectivity index (χ2v) is 8.69. The van der Waals surface area contributed by atoms with Crippen LogP contribution in [0.5, 0.6) is 0 Å². The minimum atomic E-state index is -2.26. The van der Waals surface area contributed by atoms with Gasteiger partial charge < -0.3 is 4.84 Å². The lowest BCUT2D eigenvalue weighted by Gasteiger charge is -2.18. The van der Waals surface area contributed by atoms with E-state index in [1.54, 1.807) is 32.9 Å². The number of nitrogens with zero attached hydrogens (tertiary/aromatic N) is 2. The molecule has 3 nitrogen and oxygen atoms in total. The van der Waals surface area contributed by atoms with Gasteiger partial charge >= 0.3 is 0 Å². The molecule has 162 valence electrons. The Bertz CT molecular complexity index is 956. The number of halogens is 5. The summed E-state index contributed by atoms with van der Waals surface area (Å²) in [6.07, 6.45) is 1.20. The smallest absolute Gasteiger partial charge is 0.204 e. The summed E-state index contributed by atoms with van der Waals surface area (Å²) in [5.74, 6) is -11.3. The lowest BCUT2D eigenvalue weighted by molar-refractivity contribution is 0.000780. The summed E-state index contributed by atoms with van der Waals surface area (Å²) in [6.45, 7) is 10.9. The molecule has 0 N–H and O–H groups in total. The quantitative estimate of drug-likeness (QED) is 0.142. The molecule has 0 saturated carbocycles. The van der Waals surface area contributed by atoms with Crippen molar-refractivity contribution in [1.82, 2.24) is 0 Å². The number of aliphatic imine (C=N–C) groups is 1. The van der Waals surface area contributed by atoms with Gasteiger partial charge in [-0.15, -0.1) is 0 Å². The highest BCUT2D eigenvalue weighted by atomic mass is 19.2. The number of benzene rings is 2. The Morgan fingerprint density at radius 1 is 0.767 bits per heavy atom. The molecule has 0 fully saturated rings. The highest BCUT2D eigenvalue weighted by molar-refractivity contribution is 6.05. The summed E-state index contributed by atoms with van der Waals surface area (Å²) in [5.41, 5.74) is -0.657. The number of hydrogen-bond acceptors (Lipinski definition) is 2. The predicted octanol–water partition coefficient (Wildman–Crippen LogP) is 6.28. The number of rotatable bonds is 3. The molecule has 0 amide bonds. The summed E-state index contributed by atoms with van der Waals surface area (Å²) in [6, 6.07) is 7.13. The van der Waals surface area contributed by atoms with E-state index in [4.69, 9.17) is 4.84 Å². The van der Waals surface area contributed by atoms with Crippen LogP contribution in [0, 0.1) is 29.1 Å². The Labute approximate surface area is 172 Å². The summed E-state index contributed by atoms with van der Waals surface area (Å²) in [4.78, 5) is 8.98. The summed E-state index contributed by atoms with van der Waals surface area (Å²) in [7, 11) is 0. The van der Waals surface area contributed by atoms with Crippen molar-refractivity contribution in [2.75, 3.05) is 0 Å². The first kappa shape index (κ1) is 23.5. The molecule has 0 heterocycles. The van der Waals surface area contributed by atoms with Gasteiger partial charge in [-0.2, -0.15) is 0 Å². The minimum absolute atomic E-state index is 0.0851. The molecule has 8 heteroatoms. The zero-order chi connectivity index (χ0) is 22.9. The molecule has 0 aromatic heterocycles. The van der Waals surface area contributed by atoms with Crippen molar-refractivity contribution >= 4 is 12.1 Å². The molecular weight excluding hydrogens is 403 g/mol. The second kappa shape index (κ2) is 8.53. The van der Waals surface area contributed by atoms with E-state index in [9.17, 15) is 22.0 Å². The van der Waals surface area contributed by atoms with E-state index < -0.39 is 46.1 Å². The van der Waals surface area contributed by atoms with Crippen LogP contribution >= 0.6 is 0 Å². The molecule has 0 aliphatic carbocycles. The van der Waals surface area contributed by atoms with E-state index in [0.29, 0.717) is 5.56 Å². The highest BCUT2D eigenvalue weighted by Crippen LogP contribution is 2.25. The van der Waals surface area contributed by atoms with Gasteiger partial charge in [0, 0.05) is 6.21 Å². The molecule has 2 rings (SSSR count). The van der Waals surface area contributed by atoms with Crippen molar-refractivity contribution in [3.8, 4) is 0 Å². The molecule has 2 aromatic rings. The Morgan fingerprint density at radius 2 is 1.23 bits per heavy atom. The fourth-order valence-corrected chi connectivity index (χ4v) is 2.32. The highest BCUT2D eigenvalue weighted by Gasteiger charge is 2.29. The van der Waals surface area contributed by atoms with Crippen LogP contribution in [-0.2, 0) is 10.3 Å². The fraction of sp³-hybridized carbons (Fsp3) is 0.364. The number of amidine groups is 1. The maximum absolute atomic E-state index is 14.3. The van der Waals surface area contributed by atoms with Crippen LogP contribution in [0.1, 0.15) is 58.2 Å². The maximum atomic E-state index is 14.3. The zero-order valence-corrected chi connectivity index (χ0v) is 17.6. The Balaban J connectivity index is 2.55. The molecule has 0 saturated heterocycles. The van der Waals surface area contributed by atoms with Gasteiger partial charge in [-0.3, -0.25) is 0 Å². The van der Waals surface area contributed by atoms with Gasteiger partial charge in [-0.1, -0.05) is 50.2 Å². The molecule has 0 aliphatic heterocycles. The van der Waals surface area contributed by atoms with Gasteiger partial charge in [0.15, 0.2) is 23.3 Å². The lowest BCUT2D eigenvalue weighted by atomic mass is 9.87. The zero-order valence-electron chi connectivity index (χ0n) is 17.6. The lowest BCUT2D eigenvalue weighted by Crippen LogP contribution is -2.18. The van der Waals surface area contributed by atoms with Crippen molar-refractivity contribution in [1.29, 1.82) is 0 Å². The first-order valence-electron chi connectivity index (χ1n) is 9.15. The van der Waals surface area contributed by atoms with Crippen molar-refractivity contribution < 1.29 is 26.8 Å². The van der Waals surface area contributed by atoms with Crippen LogP contribution in [0.3, 0.4) is 0 Å². The molecule has 0 radical (unpaired) electrons. The number of oxime groups is 1. The van der Waals surface area contributed by atoms with E-state index in [1.165, 1.54) is 6.21 Å². The van der Waals surface area contributed by atoms with Crippen LogP contribution in [0.15, 0.2) is 34.4 Å². The Morgan fingerprint density at radius 3 is 1.67 bits per heavy atom. The van der Waals surface area contributed by atoms with Crippen LogP contribution in [0.2, 0.25) is 0 Å². The standard InChI is InChI=1S/C22H23F5N2O/c1-21(2,3)13-9-7-12(8-10-13)11-28-20(29-30-22(4,5)6)14-15(23)17(25)19(27)18(26)16(14)24/h7-11H,1-6H3/b28-11?,29-20+. The third-order valence-electron chi connectivity index (χ3n) is 3.95. The minimum Gasteiger partial charge on any atom is -0.388 e. The summed E-state index contributed by atoms with van der Waals surface area (Å²) in [5, 5.41) is 3.55. The molecule has 0 unspecified atom stereocenters. The third kappa shape index (κ3) is 5.43. The monoisotopic (exact) mass is 426 g/mol. The largest absolute Gasteiger partial charge is 0.388 e. The average molecular weight is 426 g/mol. The van der Waals surface area contributed by atoms with Gasteiger partial charge in [-0.25, -0.2) is 26.9 Å². The molecular formula is C22H23F5N2O. The molecule has 0 atom stereocenters. The van der Waals surface area contributed by atoms with Crippen molar-refractivity contribution in [2.24, 2.45) is 10.1 Å². The van der Waals surface area contributed by atoms with Crippen LogP contribution in [-0.4, -0.2) is 17.7 Å². The number of hydrogen-bond donors (Lipinski definition) is 0. The van der Waals surface area contributed by atoms with E-state index >= 15 is 0 Å². The first-order chi connectivity index (χ1) is 13.7. The van der Waals surface area contributed by atoms with Crippen molar-refractivity contribution in [3.05, 3.63) is 70.0 Å². The van der Waals surface area contributed by atoms with Crippen LogP contribution in [0.25, 0.3) is 0 Å². The molecule has 0 spiro atoms. The average Bonchev–Trinajstić information content (AvgIpc) is 2.65. The van der Waals surface area contributed by atoms with Gasteiger partial charge in [0.2, 0.25) is 11.7 Å². The SMILES string of the molecule is CC(C)(C)O/N=C(/N=Cc1ccc(C(C)(C)C)cc1)c1c(F)c(F)c(F)c(F)c1F. The molecule has 0 bridgehead atoms. The fourth-order valence-electron chi connectivity index (χ4n) is 2.32. The van der Waals surface area contributed by atoms with Crippen LogP contribution < -0.4 is 0 Å². The topological polar surface area (TPSA) is 34.0 Å². The Kier molecular flexibility index (Phi) is 6.69. The molecule has 30 heavy (non-hydrogen) atoms. The molecule has 2 aromatic carbocycles. The van der Waals surface area contributed by atoms with Gasteiger partial charge in [0.05, 0.1) is 0 Å². The molecule has 0 aliphatic rings. The predicted molar refractivity (Wildman–Crippen MR) is 106 cm³/mol. The Hall–Kier alpha value is -2.77. The second-order valence-electron chi connectivity index (χ2n) is 8.69. The van der Waals surface area contributed by atoms with Crippen molar-refractivity contribution in [3.63, 3.8) is 0 Å². The van der Waals surface area contributed by atoms with E-state index in [1.807, 2.05) is 32.9 Å². The van der Waals surface area contributed by atoms with Crippen LogP contribution in [0.4, 0.5) is 22.0 Å². The van der Waals surface area contributed by atoms with Gasteiger partial charge in [0.25, 0.3) is 0 Å². The first-order valence-corrected chi connectivity index (χ1v) is 9.15. The van der Waals surface area contributed by atoms with E-state index in [2.05, 4.69) is 10.1 Å². The van der Waals surface area contributed by atoms with Gasteiger partial charge in [0.1, 0.15) is 11.2 Å². The summed E-state index contributed by atoms with van der Waals surface area (Å²) < 4.78 is 69.2. The third-order valence-corrected chi connectivity index (χ3v) is 3.95. The van der Waals surface area contributed by atoms with Gasteiger partial charge in [-0.05, 0) is 37.3 Å². The van der Waals surface area contributed by atoms with E-state index in [0.717, 1.165) is 5.56 Å².